The highest BCUT2D eigenvalue weighted by Gasteiger charge is 2.24. The molecule has 1 aromatic carbocycles. The summed E-state index contributed by atoms with van der Waals surface area (Å²) < 4.78 is 6.78. The van der Waals surface area contributed by atoms with Gasteiger partial charge in [-0.1, -0.05) is 0 Å². The van der Waals surface area contributed by atoms with Crippen molar-refractivity contribution in [1.82, 2.24) is 19.6 Å². The first-order chi connectivity index (χ1) is 11.7. The van der Waals surface area contributed by atoms with Gasteiger partial charge in [-0.2, -0.15) is 14.6 Å². The molecule has 3 aromatic rings. The fourth-order valence-electron chi connectivity index (χ4n) is 2.87. The molecule has 24 heavy (non-hydrogen) atoms. The average molecular weight is 324 g/mol. The van der Waals surface area contributed by atoms with Crippen LogP contribution in [0.5, 0.6) is 0 Å². The van der Waals surface area contributed by atoms with E-state index in [4.69, 9.17) is 4.74 Å². The molecule has 3 heterocycles. The van der Waals surface area contributed by atoms with E-state index in [1.807, 2.05) is 24.3 Å². The second-order valence-electron chi connectivity index (χ2n) is 5.64. The number of methoxy groups -OCH3 is 1. The van der Waals surface area contributed by atoms with Crippen molar-refractivity contribution < 1.29 is 9.53 Å². The lowest BCUT2D eigenvalue weighted by atomic mass is 10.1. The predicted molar refractivity (Wildman–Crippen MR) is 88.3 cm³/mol. The average Bonchev–Trinajstić information content (AvgIpc) is 3.13. The van der Waals surface area contributed by atoms with Crippen molar-refractivity contribution in [3.05, 3.63) is 41.9 Å². The fourth-order valence-corrected chi connectivity index (χ4v) is 2.87. The Labute approximate surface area is 138 Å². The zero-order valence-electron chi connectivity index (χ0n) is 13.4. The van der Waals surface area contributed by atoms with E-state index >= 15 is 0 Å². The number of hydrogen-bond acceptors (Lipinski definition) is 6. The smallest absolute Gasteiger partial charge is 0.254 e. The van der Waals surface area contributed by atoms with E-state index in [1.54, 1.807) is 23.6 Å². The van der Waals surface area contributed by atoms with E-state index in [9.17, 15) is 4.79 Å². The number of carbonyl (C=O) groups is 1. The van der Waals surface area contributed by atoms with Gasteiger partial charge in [0.25, 0.3) is 5.78 Å². The molecule has 1 aliphatic rings. The number of anilines is 3. The predicted octanol–water partition coefficient (Wildman–Crippen LogP) is 1.53. The molecule has 8 nitrogen and oxygen atoms in total. The second kappa shape index (κ2) is 5.57. The molecule has 8 heteroatoms. The summed E-state index contributed by atoms with van der Waals surface area (Å²) in [5.74, 6) is 1.34. The Morgan fingerprint density at radius 1 is 1.33 bits per heavy atom. The molecule has 0 radical (unpaired) electrons. The molecule has 0 unspecified atom stereocenters. The van der Waals surface area contributed by atoms with Gasteiger partial charge in [-0.3, -0.25) is 4.79 Å². The lowest BCUT2D eigenvalue weighted by Crippen LogP contribution is -2.20. The van der Waals surface area contributed by atoms with Crippen LogP contribution in [0.15, 0.2) is 30.6 Å². The van der Waals surface area contributed by atoms with Gasteiger partial charge in [0.05, 0.1) is 18.7 Å². The molecule has 0 bridgehead atoms. The Balaban J connectivity index is 1.71. The maximum Gasteiger partial charge on any atom is 0.254 e. The number of carbonyl (C=O) groups excluding carboxylic acids is 1. The molecular formula is C16H16N6O2. The van der Waals surface area contributed by atoms with E-state index in [1.165, 1.54) is 6.33 Å². The summed E-state index contributed by atoms with van der Waals surface area (Å²) in [6.07, 6.45) is 1.88. The molecule has 0 fully saturated rings. The Morgan fingerprint density at radius 2 is 2.21 bits per heavy atom. The summed E-state index contributed by atoms with van der Waals surface area (Å²) in [7, 11) is 3.41. The maximum absolute atomic E-state index is 11.8. The van der Waals surface area contributed by atoms with Crippen LogP contribution in [0.1, 0.15) is 11.3 Å². The highest BCUT2D eigenvalue weighted by atomic mass is 16.5. The monoisotopic (exact) mass is 324 g/mol. The number of hydrogen-bond donors (Lipinski definition) is 1. The Bertz CT molecular complexity index is 935. The first-order valence-corrected chi connectivity index (χ1v) is 7.51. The van der Waals surface area contributed by atoms with Gasteiger partial charge in [-0.15, -0.1) is 0 Å². The first kappa shape index (κ1) is 14.6. The van der Waals surface area contributed by atoms with E-state index in [0.717, 1.165) is 28.5 Å². The molecule has 0 saturated carbocycles. The molecule has 122 valence electrons. The van der Waals surface area contributed by atoms with Crippen LogP contribution in [0, 0.1) is 0 Å². The van der Waals surface area contributed by atoms with E-state index < -0.39 is 0 Å². The summed E-state index contributed by atoms with van der Waals surface area (Å²) in [6.45, 7) is 0.390. The fraction of sp³-hybridized carbons (Fsp3) is 0.250. The van der Waals surface area contributed by atoms with Gasteiger partial charge in [0.15, 0.2) is 0 Å². The molecule has 4 rings (SSSR count). The number of nitrogens with zero attached hydrogens (tertiary/aromatic N) is 5. The van der Waals surface area contributed by atoms with Crippen LogP contribution >= 0.6 is 0 Å². The Morgan fingerprint density at radius 3 is 3.04 bits per heavy atom. The minimum Gasteiger partial charge on any atom is -0.378 e. The lowest BCUT2D eigenvalue weighted by Gasteiger charge is -2.12. The number of rotatable bonds is 4. The summed E-state index contributed by atoms with van der Waals surface area (Å²) in [5.41, 5.74) is 3.60. The molecule has 0 atom stereocenters. The van der Waals surface area contributed by atoms with Crippen LogP contribution in [0.3, 0.4) is 0 Å². The molecule has 1 amide bonds. The largest absolute Gasteiger partial charge is 0.378 e. The maximum atomic E-state index is 11.8. The zero-order valence-corrected chi connectivity index (χ0v) is 13.4. The number of amides is 1. The van der Waals surface area contributed by atoms with Gasteiger partial charge in [0.2, 0.25) is 5.91 Å². The van der Waals surface area contributed by atoms with Crippen molar-refractivity contribution >= 4 is 28.9 Å². The van der Waals surface area contributed by atoms with Crippen LogP contribution in [-0.4, -0.2) is 39.6 Å². The van der Waals surface area contributed by atoms with Crippen LogP contribution in [0.4, 0.5) is 17.2 Å². The third-order valence-corrected chi connectivity index (χ3v) is 4.03. The number of ether oxygens (including phenoxy) is 1. The molecule has 0 saturated heterocycles. The molecular weight excluding hydrogens is 308 g/mol. The van der Waals surface area contributed by atoms with Crippen LogP contribution in [0.25, 0.3) is 5.78 Å². The summed E-state index contributed by atoms with van der Waals surface area (Å²) in [6, 6.07) is 7.73. The SMILES string of the molecule is COCc1cc(Nc2ccc3c(c2)CC(=O)N3C)n2ncnc2n1. The van der Waals surface area contributed by atoms with E-state index in [2.05, 4.69) is 20.4 Å². The number of likely N-dealkylation sites (N-methyl/N-ethyl adjacent to an activating group) is 1. The summed E-state index contributed by atoms with van der Waals surface area (Å²) in [4.78, 5) is 22.0. The van der Waals surface area contributed by atoms with Crippen molar-refractivity contribution in [3.8, 4) is 0 Å². The number of nitrogens with one attached hydrogen (secondary N) is 1. The van der Waals surface area contributed by atoms with Gasteiger partial charge < -0.3 is 15.0 Å². The zero-order chi connectivity index (χ0) is 16.7. The van der Waals surface area contributed by atoms with Gasteiger partial charge in [-0.05, 0) is 23.8 Å². The number of aromatic nitrogens is 4. The van der Waals surface area contributed by atoms with Gasteiger partial charge >= 0.3 is 0 Å². The highest BCUT2D eigenvalue weighted by Crippen LogP contribution is 2.31. The molecule has 1 aliphatic heterocycles. The van der Waals surface area contributed by atoms with E-state index in [-0.39, 0.29) is 5.91 Å². The minimum atomic E-state index is 0.104. The van der Waals surface area contributed by atoms with Crippen molar-refractivity contribution in [2.24, 2.45) is 0 Å². The molecule has 1 N–H and O–H groups in total. The third-order valence-electron chi connectivity index (χ3n) is 4.03. The Hall–Kier alpha value is -3.00. The van der Waals surface area contributed by atoms with Crippen LogP contribution < -0.4 is 10.2 Å². The number of benzene rings is 1. The summed E-state index contributed by atoms with van der Waals surface area (Å²) in [5, 5.41) is 7.52. The topological polar surface area (TPSA) is 84.7 Å². The summed E-state index contributed by atoms with van der Waals surface area (Å²) >= 11 is 0. The first-order valence-electron chi connectivity index (χ1n) is 7.51. The molecule has 0 spiro atoms. The van der Waals surface area contributed by atoms with Gasteiger partial charge in [0, 0.05) is 31.6 Å². The molecule has 2 aromatic heterocycles. The quantitative estimate of drug-likeness (QED) is 0.783. The normalized spacial score (nSPS) is 13.6. The Kier molecular flexibility index (Phi) is 3.39. The number of fused-ring (bicyclic) bond motifs is 2. The van der Waals surface area contributed by atoms with Gasteiger partial charge in [-0.25, -0.2) is 4.98 Å². The van der Waals surface area contributed by atoms with Crippen molar-refractivity contribution in [3.63, 3.8) is 0 Å². The van der Waals surface area contributed by atoms with E-state index in [0.29, 0.717) is 18.8 Å². The van der Waals surface area contributed by atoms with Crippen LogP contribution in [0.2, 0.25) is 0 Å². The second-order valence-corrected chi connectivity index (χ2v) is 5.64. The lowest BCUT2D eigenvalue weighted by molar-refractivity contribution is -0.117. The van der Waals surface area contributed by atoms with Gasteiger partial charge in [0.1, 0.15) is 12.1 Å². The van der Waals surface area contributed by atoms with Crippen molar-refractivity contribution in [2.75, 3.05) is 24.4 Å². The van der Waals surface area contributed by atoms with Crippen molar-refractivity contribution in [2.45, 2.75) is 13.0 Å². The molecule has 0 aliphatic carbocycles. The van der Waals surface area contributed by atoms with Crippen LogP contribution in [-0.2, 0) is 22.6 Å². The minimum absolute atomic E-state index is 0.104. The van der Waals surface area contributed by atoms with Crippen molar-refractivity contribution in [1.29, 1.82) is 0 Å². The third kappa shape index (κ3) is 2.37. The standard InChI is InChI=1S/C16H16N6O2/c1-21-13-4-3-11(5-10(13)6-15(21)23)19-14-7-12(8-24-2)20-16-17-9-18-22(14)16/h3-5,7,9,19H,6,8H2,1-2H3. The highest BCUT2D eigenvalue weighted by molar-refractivity contribution is 6.01.